The molecule has 1 aromatic heterocycles. The first-order valence-corrected chi connectivity index (χ1v) is 7.67. The van der Waals surface area contributed by atoms with E-state index in [0.717, 1.165) is 22.2 Å². The third kappa shape index (κ3) is 4.55. The number of anilines is 3. The Bertz CT molecular complexity index is 891. The van der Waals surface area contributed by atoms with Gasteiger partial charge in [0, 0.05) is 24.7 Å². The quantitative estimate of drug-likeness (QED) is 0.697. The largest absolute Gasteiger partial charge is 0.412 e. The molecule has 0 amide bonds. The minimum atomic E-state index is 0. The molecular formula is C16H18Cl3N5O. The number of nitrogens with two attached hydrogens (primary N) is 2. The number of hydrogen-bond acceptors (Lipinski definition) is 5. The molecule has 3 aromatic rings. The van der Waals surface area contributed by atoms with Gasteiger partial charge in [0.1, 0.15) is 5.82 Å². The number of nitrogen functional groups attached to an aromatic ring is 2. The molecule has 6 N–H and O–H groups in total. The van der Waals surface area contributed by atoms with Gasteiger partial charge in [-0.1, -0.05) is 29.3 Å². The molecule has 3 rings (SSSR count). The molecular weight excluding hydrogens is 385 g/mol. The summed E-state index contributed by atoms with van der Waals surface area (Å²) in [6.45, 7) is 0.679. The molecule has 2 aromatic carbocycles. The van der Waals surface area contributed by atoms with Gasteiger partial charge in [0.25, 0.3) is 0 Å². The highest BCUT2D eigenvalue weighted by Crippen LogP contribution is 2.27. The number of aromatic nitrogens is 2. The van der Waals surface area contributed by atoms with Crippen molar-refractivity contribution in [2.75, 3.05) is 23.4 Å². The highest BCUT2D eigenvalue weighted by Gasteiger charge is 2.08. The highest BCUT2D eigenvalue weighted by molar-refractivity contribution is 6.42. The Morgan fingerprint density at radius 3 is 2.40 bits per heavy atom. The molecule has 0 aliphatic heterocycles. The lowest BCUT2D eigenvalue weighted by Crippen LogP contribution is -2.16. The lowest BCUT2D eigenvalue weighted by Gasteiger charge is -2.20. The van der Waals surface area contributed by atoms with Crippen LogP contribution in [0, 0.1) is 0 Å². The number of benzene rings is 2. The molecule has 0 fully saturated rings. The molecule has 0 aliphatic carbocycles. The number of rotatable bonds is 3. The number of fused-ring (bicyclic) bond motifs is 1. The van der Waals surface area contributed by atoms with Gasteiger partial charge in [-0.2, -0.15) is 4.98 Å². The Morgan fingerprint density at radius 2 is 1.72 bits per heavy atom. The molecule has 0 saturated carbocycles. The van der Waals surface area contributed by atoms with Gasteiger partial charge in [-0.05, 0) is 35.9 Å². The fraction of sp³-hybridized carbons (Fsp3) is 0.125. The van der Waals surface area contributed by atoms with Crippen LogP contribution in [0.5, 0.6) is 0 Å². The third-order valence-corrected chi connectivity index (χ3v) is 4.31. The van der Waals surface area contributed by atoms with Crippen LogP contribution >= 0.6 is 35.6 Å². The van der Waals surface area contributed by atoms with E-state index in [-0.39, 0.29) is 23.8 Å². The second-order valence-electron chi connectivity index (χ2n) is 5.27. The predicted molar refractivity (Wildman–Crippen MR) is 108 cm³/mol. The van der Waals surface area contributed by atoms with Gasteiger partial charge < -0.3 is 21.8 Å². The Hall–Kier alpha value is -1.99. The summed E-state index contributed by atoms with van der Waals surface area (Å²) in [4.78, 5) is 10.3. The summed E-state index contributed by atoms with van der Waals surface area (Å²) in [5.41, 5.74) is 14.3. The molecule has 0 atom stereocenters. The lowest BCUT2D eigenvalue weighted by molar-refractivity contribution is 0.824. The molecule has 1 heterocycles. The summed E-state index contributed by atoms with van der Waals surface area (Å²) in [6, 6.07) is 11.4. The van der Waals surface area contributed by atoms with Gasteiger partial charge >= 0.3 is 0 Å². The molecule has 0 aliphatic rings. The van der Waals surface area contributed by atoms with Crippen LogP contribution < -0.4 is 16.4 Å². The van der Waals surface area contributed by atoms with Gasteiger partial charge in [0.05, 0.1) is 15.6 Å². The van der Waals surface area contributed by atoms with Crippen molar-refractivity contribution in [1.82, 2.24) is 9.97 Å². The van der Waals surface area contributed by atoms with Crippen LogP contribution in [0.2, 0.25) is 10.0 Å². The van der Waals surface area contributed by atoms with Crippen molar-refractivity contribution in [3.05, 3.63) is 52.0 Å². The average Bonchev–Trinajstić information content (AvgIpc) is 2.50. The van der Waals surface area contributed by atoms with E-state index in [1.54, 1.807) is 6.07 Å². The minimum Gasteiger partial charge on any atom is -0.412 e. The van der Waals surface area contributed by atoms with Gasteiger partial charge in [-0.3, -0.25) is 0 Å². The van der Waals surface area contributed by atoms with E-state index < -0.39 is 0 Å². The van der Waals surface area contributed by atoms with Crippen LogP contribution in [-0.2, 0) is 6.54 Å². The first-order valence-electron chi connectivity index (χ1n) is 6.92. The minimum absolute atomic E-state index is 0. The molecule has 25 heavy (non-hydrogen) atoms. The average molecular weight is 403 g/mol. The topological polar surface area (TPSA) is 113 Å². The van der Waals surface area contributed by atoms with Crippen molar-refractivity contribution < 1.29 is 5.48 Å². The summed E-state index contributed by atoms with van der Waals surface area (Å²) in [6.07, 6.45) is 0. The van der Waals surface area contributed by atoms with E-state index in [1.165, 1.54) is 0 Å². The number of nitrogens with zero attached hydrogens (tertiary/aromatic N) is 3. The van der Waals surface area contributed by atoms with Crippen molar-refractivity contribution in [3.8, 4) is 0 Å². The van der Waals surface area contributed by atoms with Crippen LogP contribution in [0.1, 0.15) is 5.56 Å². The van der Waals surface area contributed by atoms with Gasteiger partial charge in [0.2, 0.25) is 5.95 Å². The molecule has 0 bridgehead atoms. The van der Waals surface area contributed by atoms with Gasteiger partial charge in [0.15, 0.2) is 0 Å². The van der Waals surface area contributed by atoms with E-state index in [2.05, 4.69) is 14.9 Å². The standard InChI is InChI=1S/C16H15Cl2N5.ClH.H2O/c1-23(8-9-2-4-12(17)13(18)6-9)10-3-5-14-11(7-10)15(19)22-16(20)21-14;;/h2-7H,8H2,1H3,(H4,19,20,21,22);1H;1H2. The summed E-state index contributed by atoms with van der Waals surface area (Å²) >= 11 is 12.0. The van der Waals surface area contributed by atoms with Gasteiger partial charge in [-0.15, -0.1) is 12.4 Å². The van der Waals surface area contributed by atoms with Crippen molar-refractivity contribution in [3.63, 3.8) is 0 Å². The maximum Gasteiger partial charge on any atom is 0.222 e. The van der Waals surface area contributed by atoms with Crippen molar-refractivity contribution in [2.24, 2.45) is 0 Å². The monoisotopic (exact) mass is 401 g/mol. The zero-order valence-electron chi connectivity index (χ0n) is 13.3. The van der Waals surface area contributed by atoms with Crippen LogP contribution in [0.3, 0.4) is 0 Å². The Balaban J connectivity index is 0.00000156. The second kappa shape index (κ2) is 8.40. The third-order valence-electron chi connectivity index (χ3n) is 3.57. The van der Waals surface area contributed by atoms with E-state index in [4.69, 9.17) is 34.7 Å². The van der Waals surface area contributed by atoms with Crippen LogP contribution in [0.25, 0.3) is 10.9 Å². The van der Waals surface area contributed by atoms with Crippen molar-refractivity contribution >= 4 is 64.0 Å². The van der Waals surface area contributed by atoms with E-state index in [0.29, 0.717) is 22.4 Å². The molecule has 0 spiro atoms. The second-order valence-corrected chi connectivity index (χ2v) is 6.09. The normalized spacial score (nSPS) is 10.0. The molecule has 6 nitrogen and oxygen atoms in total. The summed E-state index contributed by atoms with van der Waals surface area (Å²) in [5.74, 6) is 0.546. The number of halogens is 3. The van der Waals surface area contributed by atoms with Crippen molar-refractivity contribution in [1.29, 1.82) is 0 Å². The first kappa shape index (κ1) is 21.1. The molecule has 9 heteroatoms. The van der Waals surface area contributed by atoms with E-state index in [1.807, 2.05) is 37.4 Å². The molecule has 0 saturated heterocycles. The van der Waals surface area contributed by atoms with Crippen molar-refractivity contribution in [2.45, 2.75) is 6.54 Å². The highest BCUT2D eigenvalue weighted by atomic mass is 35.5. The summed E-state index contributed by atoms with van der Waals surface area (Å²) < 4.78 is 0. The predicted octanol–water partition coefficient (Wildman–Crippen LogP) is 3.33. The van der Waals surface area contributed by atoms with Gasteiger partial charge in [-0.25, -0.2) is 4.98 Å². The Morgan fingerprint density at radius 1 is 1.00 bits per heavy atom. The van der Waals surface area contributed by atoms with Crippen LogP contribution in [0.4, 0.5) is 17.5 Å². The maximum absolute atomic E-state index is 6.06. The fourth-order valence-corrected chi connectivity index (χ4v) is 2.72. The maximum atomic E-state index is 6.06. The smallest absolute Gasteiger partial charge is 0.222 e. The number of hydrogen-bond donors (Lipinski definition) is 2. The molecule has 134 valence electrons. The fourth-order valence-electron chi connectivity index (χ4n) is 2.40. The summed E-state index contributed by atoms with van der Waals surface area (Å²) in [7, 11) is 1.98. The van der Waals surface area contributed by atoms with Crippen LogP contribution in [-0.4, -0.2) is 22.5 Å². The Kier molecular flexibility index (Phi) is 7.07. The SMILES string of the molecule is CN(Cc1ccc(Cl)c(Cl)c1)c1ccc2nc(N)nc(N)c2c1.Cl.O. The zero-order chi connectivity index (χ0) is 16.6. The first-order chi connectivity index (χ1) is 10.9. The van der Waals surface area contributed by atoms with E-state index >= 15 is 0 Å². The molecule has 0 unspecified atom stereocenters. The lowest BCUT2D eigenvalue weighted by atomic mass is 10.1. The molecule has 0 radical (unpaired) electrons. The summed E-state index contributed by atoms with van der Waals surface area (Å²) in [5, 5.41) is 1.87. The van der Waals surface area contributed by atoms with E-state index in [9.17, 15) is 0 Å². The Labute approximate surface area is 161 Å². The zero-order valence-corrected chi connectivity index (χ0v) is 15.7. The van der Waals surface area contributed by atoms with Crippen LogP contribution in [0.15, 0.2) is 36.4 Å².